The third kappa shape index (κ3) is 5.40. The maximum absolute atomic E-state index is 13.0. The molecule has 2 aliphatic heterocycles. The number of benzene rings is 2. The van der Waals surface area contributed by atoms with Crippen molar-refractivity contribution in [3.8, 4) is 11.4 Å². The number of tetrazole rings is 1. The molecule has 0 radical (unpaired) electrons. The standard InChI is InChI=1S/C26H27F6N7O/c27-25(28,29)16-5-7-17(8-6-16)37-14-13-23-21(15-37)33-20-3-1-2-4-22(20)38(23)24-34-36-39(35-24)18-9-11-19(12-10-18)40-26(30,31)32/h5-12,20-23,33H,1-4,13-15H2. The summed E-state index contributed by atoms with van der Waals surface area (Å²) in [6, 6.07) is 11.0. The average molecular weight is 568 g/mol. The largest absolute Gasteiger partial charge is 0.573 e. The molecule has 0 spiro atoms. The minimum atomic E-state index is -4.78. The van der Waals surface area contributed by atoms with E-state index in [9.17, 15) is 26.3 Å². The molecule has 1 aromatic heterocycles. The number of hydrogen-bond donors (Lipinski definition) is 1. The van der Waals surface area contributed by atoms with E-state index in [1.807, 2.05) is 0 Å². The van der Waals surface area contributed by atoms with Gasteiger partial charge in [-0.25, -0.2) is 0 Å². The van der Waals surface area contributed by atoms with E-state index < -0.39 is 18.1 Å². The molecule has 0 bridgehead atoms. The normalized spacial score (nSPS) is 25.4. The minimum absolute atomic E-state index is 0.0288. The van der Waals surface area contributed by atoms with E-state index in [1.54, 1.807) is 0 Å². The van der Waals surface area contributed by atoms with E-state index >= 15 is 0 Å². The van der Waals surface area contributed by atoms with Crippen LogP contribution in [-0.2, 0) is 6.18 Å². The van der Waals surface area contributed by atoms with Crippen LogP contribution in [0, 0.1) is 0 Å². The number of rotatable bonds is 4. The Balaban J connectivity index is 1.22. The Hall–Kier alpha value is -3.55. The Labute approximate surface area is 225 Å². The SMILES string of the molecule is FC(F)(F)Oc1ccc(-n2nnc(N3C4CCCCC4NC4CN(c5ccc(C(F)(F)F)cc5)CCC43)n2)cc1. The summed E-state index contributed by atoms with van der Waals surface area (Å²) in [4.78, 5) is 5.63. The van der Waals surface area contributed by atoms with Crippen LogP contribution in [0.5, 0.6) is 5.75 Å². The fourth-order valence-electron chi connectivity index (χ4n) is 6.19. The highest BCUT2D eigenvalue weighted by Gasteiger charge is 2.47. The Morgan fingerprint density at radius 3 is 2.17 bits per heavy atom. The second-order valence-corrected chi connectivity index (χ2v) is 10.4. The van der Waals surface area contributed by atoms with Gasteiger partial charge in [0.05, 0.1) is 17.3 Å². The molecule has 1 aliphatic carbocycles. The van der Waals surface area contributed by atoms with Crippen molar-refractivity contribution in [1.29, 1.82) is 0 Å². The van der Waals surface area contributed by atoms with Crippen molar-refractivity contribution in [3.63, 3.8) is 0 Å². The molecule has 2 aromatic carbocycles. The molecule has 1 saturated carbocycles. The van der Waals surface area contributed by atoms with Crippen LogP contribution in [0.2, 0.25) is 0 Å². The van der Waals surface area contributed by atoms with Gasteiger partial charge in [0.15, 0.2) is 0 Å². The maximum atomic E-state index is 13.0. The summed E-state index contributed by atoms with van der Waals surface area (Å²) < 4.78 is 80.6. The van der Waals surface area contributed by atoms with Crippen molar-refractivity contribution in [2.45, 2.75) is 68.8 Å². The molecule has 3 aromatic rings. The molecule has 3 heterocycles. The fourth-order valence-corrected chi connectivity index (χ4v) is 6.19. The lowest BCUT2D eigenvalue weighted by Crippen LogP contribution is -2.72. The first-order valence-electron chi connectivity index (χ1n) is 13.2. The van der Waals surface area contributed by atoms with Crippen LogP contribution in [0.4, 0.5) is 38.0 Å². The van der Waals surface area contributed by atoms with Crippen LogP contribution in [-0.4, -0.2) is 63.8 Å². The molecule has 6 rings (SSSR count). The first-order chi connectivity index (χ1) is 19.0. The van der Waals surface area contributed by atoms with E-state index in [1.165, 1.54) is 41.2 Å². The highest BCUT2D eigenvalue weighted by atomic mass is 19.4. The van der Waals surface area contributed by atoms with Crippen molar-refractivity contribution in [2.24, 2.45) is 0 Å². The van der Waals surface area contributed by atoms with E-state index in [4.69, 9.17) is 0 Å². The summed E-state index contributed by atoms with van der Waals surface area (Å²) in [5.41, 5.74) is 0.514. The van der Waals surface area contributed by atoms with Crippen LogP contribution in [0.1, 0.15) is 37.7 Å². The zero-order valence-electron chi connectivity index (χ0n) is 21.2. The Morgan fingerprint density at radius 2 is 1.48 bits per heavy atom. The predicted molar refractivity (Wildman–Crippen MR) is 133 cm³/mol. The predicted octanol–water partition coefficient (Wildman–Crippen LogP) is 4.95. The molecule has 214 valence electrons. The van der Waals surface area contributed by atoms with Crippen LogP contribution >= 0.6 is 0 Å². The summed E-state index contributed by atoms with van der Waals surface area (Å²) in [6.45, 7) is 1.27. The zero-order chi connectivity index (χ0) is 28.1. The van der Waals surface area contributed by atoms with Gasteiger partial charge in [-0.1, -0.05) is 17.9 Å². The van der Waals surface area contributed by atoms with Gasteiger partial charge >= 0.3 is 12.5 Å². The number of hydrogen-bond acceptors (Lipinski definition) is 7. The lowest BCUT2D eigenvalue weighted by Gasteiger charge is -2.55. The van der Waals surface area contributed by atoms with Crippen molar-refractivity contribution in [2.75, 3.05) is 22.9 Å². The average Bonchev–Trinajstić information content (AvgIpc) is 3.40. The third-order valence-electron chi connectivity index (χ3n) is 7.94. The van der Waals surface area contributed by atoms with Crippen molar-refractivity contribution >= 4 is 11.6 Å². The van der Waals surface area contributed by atoms with Crippen LogP contribution in [0.15, 0.2) is 48.5 Å². The Kier molecular flexibility index (Phi) is 6.75. The number of ether oxygens (including phenoxy) is 1. The highest BCUT2D eigenvalue weighted by Crippen LogP contribution is 2.37. The number of alkyl halides is 6. The summed E-state index contributed by atoms with van der Waals surface area (Å²) in [5, 5.41) is 16.9. The Morgan fingerprint density at radius 1 is 0.800 bits per heavy atom. The number of piperazine rings is 1. The van der Waals surface area contributed by atoms with Gasteiger partial charge in [0, 0.05) is 36.9 Å². The van der Waals surface area contributed by atoms with E-state index in [0.29, 0.717) is 24.7 Å². The fraction of sp³-hybridized carbons (Fsp3) is 0.500. The van der Waals surface area contributed by atoms with Crippen LogP contribution in [0.25, 0.3) is 5.69 Å². The van der Waals surface area contributed by atoms with Gasteiger partial charge in [0.2, 0.25) is 0 Å². The first kappa shape index (κ1) is 26.7. The first-order valence-corrected chi connectivity index (χ1v) is 13.2. The molecule has 4 unspecified atom stereocenters. The van der Waals surface area contributed by atoms with Crippen molar-refractivity contribution in [3.05, 3.63) is 54.1 Å². The molecule has 3 aliphatic rings. The van der Waals surface area contributed by atoms with Crippen LogP contribution in [0.3, 0.4) is 0 Å². The van der Waals surface area contributed by atoms with Crippen molar-refractivity contribution in [1.82, 2.24) is 25.5 Å². The van der Waals surface area contributed by atoms with E-state index in [-0.39, 0.29) is 29.9 Å². The number of piperidine rings is 1. The number of halogens is 6. The number of anilines is 2. The zero-order valence-corrected chi connectivity index (χ0v) is 21.2. The summed E-state index contributed by atoms with van der Waals surface area (Å²) in [5.74, 6) is 0.110. The van der Waals surface area contributed by atoms with Gasteiger partial charge in [0.25, 0.3) is 5.95 Å². The van der Waals surface area contributed by atoms with Gasteiger partial charge in [-0.2, -0.15) is 13.2 Å². The molecule has 14 heteroatoms. The molecule has 40 heavy (non-hydrogen) atoms. The summed E-state index contributed by atoms with van der Waals surface area (Å²) >= 11 is 0. The minimum Gasteiger partial charge on any atom is -0.406 e. The molecule has 4 atom stereocenters. The van der Waals surface area contributed by atoms with E-state index in [2.05, 4.69) is 35.3 Å². The summed E-state index contributed by atoms with van der Waals surface area (Å²) in [7, 11) is 0. The number of nitrogens with one attached hydrogen (secondary N) is 1. The van der Waals surface area contributed by atoms with Gasteiger partial charge in [-0.3, -0.25) is 0 Å². The van der Waals surface area contributed by atoms with Gasteiger partial charge in [-0.15, -0.1) is 23.1 Å². The molecule has 1 N–H and O–H groups in total. The molecule has 2 saturated heterocycles. The summed E-state index contributed by atoms with van der Waals surface area (Å²) in [6.07, 6.45) is -4.31. The molecular weight excluding hydrogens is 540 g/mol. The molecule has 3 fully saturated rings. The van der Waals surface area contributed by atoms with Crippen molar-refractivity contribution < 1.29 is 31.1 Å². The van der Waals surface area contributed by atoms with Gasteiger partial charge in [0.1, 0.15) is 5.75 Å². The lowest BCUT2D eigenvalue weighted by atomic mass is 9.82. The second kappa shape index (κ2) is 10.1. The molecule has 0 amide bonds. The highest BCUT2D eigenvalue weighted by molar-refractivity contribution is 5.50. The van der Waals surface area contributed by atoms with Gasteiger partial charge < -0.3 is 19.9 Å². The monoisotopic (exact) mass is 567 g/mol. The molecular formula is C26H27F6N7O. The molecule has 8 nitrogen and oxygen atoms in total. The lowest BCUT2D eigenvalue weighted by molar-refractivity contribution is -0.274. The number of aromatic nitrogens is 4. The second-order valence-electron chi connectivity index (χ2n) is 10.4. The topological polar surface area (TPSA) is 71.3 Å². The Bertz CT molecular complexity index is 1310. The van der Waals surface area contributed by atoms with E-state index in [0.717, 1.165) is 49.9 Å². The van der Waals surface area contributed by atoms with Gasteiger partial charge in [-0.05, 0) is 73.0 Å². The number of nitrogens with zero attached hydrogens (tertiary/aromatic N) is 6. The maximum Gasteiger partial charge on any atom is 0.573 e. The third-order valence-corrected chi connectivity index (χ3v) is 7.94. The smallest absolute Gasteiger partial charge is 0.406 e. The number of fused-ring (bicyclic) bond motifs is 2. The van der Waals surface area contributed by atoms with Crippen LogP contribution < -0.4 is 19.9 Å². The quantitative estimate of drug-likeness (QED) is 0.448.